The number of benzene rings is 1. The minimum atomic E-state index is -0.0813. The summed E-state index contributed by atoms with van der Waals surface area (Å²) in [5, 5.41) is 0.429. The van der Waals surface area contributed by atoms with Crippen LogP contribution in [0.4, 0.5) is 5.69 Å². The molecule has 1 aromatic rings. The Morgan fingerprint density at radius 1 is 1.46 bits per heavy atom. The van der Waals surface area contributed by atoms with Gasteiger partial charge in [-0.15, -0.1) is 0 Å². The lowest BCUT2D eigenvalue weighted by molar-refractivity contribution is 0.0940. The highest BCUT2D eigenvalue weighted by Crippen LogP contribution is 2.24. The highest BCUT2D eigenvalue weighted by molar-refractivity contribution is 6.34. The van der Waals surface area contributed by atoms with Crippen LogP contribution in [0.5, 0.6) is 0 Å². The standard InChI is InChI=1S/C10H12ClNO/c1-6(2)10(13)9-7(11)4-3-5-8(9)12/h3-6H,12H2,1-2H3. The Morgan fingerprint density at radius 3 is 2.54 bits per heavy atom. The summed E-state index contributed by atoms with van der Waals surface area (Å²) in [5.74, 6) is -0.0923. The summed E-state index contributed by atoms with van der Waals surface area (Å²) in [6.07, 6.45) is 0. The highest BCUT2D eigenvalue weighted by Gasteiger charge is 2.16. The summed E-state index contributed by atoms with van der Waals surface area (Å²) < 4.78 is 0. The summed E-state index contributed by atoms with van der Waals surface area (Å²) in [4.78, 5) is 11.6. The van der Waals surface area contributed by atoms with Gasteiger partial charge in [-0.1, -0.05) is 31.5 Å². The average molecular weight is 198 g/mol. The summed E-state index contributed by atoms with van der Waals surface area (Å²) in [6.45, 7) is 3.65. The van der Waals surface area contributed by atoms with Crippen LogP contribution in [0.1, 0.15) is 24.2 Å². The molecule has 0 aliphatic rings. The lowest BCUT2D eigenvalue weighted by atomic mass is 10.00. The molecule has 0 fully saturated rings. The number of rotatable bonds is 2. The van der Waals surface area contributed by atoms with Gasteiger partial charge in [-0.25, -0.2) is 0 Å². The molecule has 0 aromatic heterocycles. The monoisotopic (exact) mass is 197 g/mol. The zero-order chi connectivity index (χ0) is 10.0. The Hall–Kier alpha value is -1.02. The molecule has 2 N–H and O–H groups in total. The van der Waals surface area contributed by atoms with E-state index < -0.39 is 0 Å². The average Bonchev–Trinajstić information content (AvgIpc) is 2.03. The first kappa shape index (κ1) is 10.1. The smallest absolute Gasteiger partial charge is 0.168 e. The normalized spacial score (nSPS) is 10.5. The molecule has 0 saturated carbocycles. The number of ketones is 1. The zero-order valence-corrected chi connectivity index (χ0v) is 8.43. The summed E-state index contributed by atoms with van der Waals surface area (Å²) >= 11 is 5.87. The second kappa shape index (κ2) is 3.79. The number of anilines is 1. The number of nitrogens with two attached hydrogens (primary N) is 1. The van der Waals surface area contributed by atoms with E-state index in [1.807, 2.05) is 13.8 Å². The fourth-order valence-corrected chi connectivity index (χ4v) is 1.36. The van der Waals surface area contributed by atoms with Crippen LogP contribution in [0.25, 0.3) is 0 Å². The van der Waals surface area contributed by atoms with Crippen LogP contribution < -0.4 is 5.73 Å². The number of hydrogen-bond acceptors (Lipinski definition) is 2. The third-order valence-corrected chi connectivity index (χ3v) is 2.13. The highest BCUT2D eigenvalue weighted by atomic mass is 35.5. The molecule has 0 aliphatic carbocycles. The molecule has 70 valence electrons. The van der Waals surface area contributed by atoms with Crippen molar-refractivity contribution in [3.8, 4) is 0 Å². The molecule has 1 rings (SSSR count). The number of hydrogen-bond donors (Lipinski definition) is 1. The van der Waals surface area contributed by atoms with Crippen LogP contribution in [-0.2, 0) is 0 Å². The van der Waals surface area contributed by atoms with Crippen molar-refractivity contribution in [1.29, 1.82) is 0 Å². The van der Waals surface area contributed by atoms with E-state index >= 15 is 0 Å². The quantitative estimate of drug-likeness (QED) is 0.585. The Kier molecular flexibility index (Phi) is 2.94. The number of nitrogen functional groups attached to an aromatic ring is 1. The molecule has 0 bridgehead atoms. The van der Waals surface area contributed by atoms with Crippen molar-refractivity contribution in [2.75, 3.05) is 5.73 Å². The van der Waals surface area contributed by atoms with E-state index in [0.29, 0.717) is 16.3 Å². The van der Waals surface area contributed by atoms with Gasteiger partial charge in [-0.2, -0.15) is 0 Å². The van der Waals surface area contributed by atoms with E-state index in [9.17, 15) is 4.79 Å². The van der Waals surface area contributed by atoms with Gasteiger partial charge >= 0.3 is 0 Å². The van der Waals surface area contributed by atoms with Crippen LogP contribution in [-0.4, -0.2) is 5.78 Å². The molecule has 3 heteroatoms. The van der Waals surface area contributed by atoms with Crippen LogP contribution in [0.2, 0.25) is 5.02 Å². The lowest BCUT2D eigenvalue weighted by Gasteiger charge is -2.08. The maximum Gasteiger partial charge on any atom is 0.168 e. The molecule has 0 saturated heterocycles. The SMILES string of the molecule is CC(C)C(=O)c1c(N)cccc1Cl. The molecular formula is C10H12ClNO. The number of carbonyl (C=O) groups excluding carboxylic acids is 1. The third-order valence-electron chi connectivity index (χ3n) is 1.82. The number of Topliss-reactive ketones (excluding diaryl/α,β-unsaturated/α-hetero) is 1. The first-order chi connectivity index (χ1) is 6.04. The van der Waals surface area contributed by atoms with Gasteiger partial charge < -0.3 is 5.73 Å². The molecule has 0 radical (unpaired) electrons. The van der Waals surface area contributed by atoms with E-state index in [4.69, 9.17) is 17.3 Å². The summed E-state index contributed by atoms with van der Waals surface area (Å²) in [6, 6.07) is 5.09. The molecular weight excluding hydrogens is 186 g/mol. The van der Waals surface area contributed by atoms with E-state index in [2.05, 4.69) is 0 Å². The van der Waals surface area contributed by atoms with Crippen LogP contribution in [0, 0.1) is 5.92 Å². The maximum absolute atomic E-state index is 11.6. The van der Waals surface area contributed by atoms with Crippen molar-refractivity contribution >= 4 is 23.1 Å². The molecule has 0 heterocycles. The van der Waals surface area contributed by atoms with E-state index in [1.165, 1.54) is 0 Å². The van der Waals surface area contributed by atoms with Gasteiger partial charge in [0.1, 0.15) is 0 Å². The van der Waals surface area contributed by atoms with Gasteiger partial charge in [-0.3, -0.25) is 4.79 Å². The van der Waals surface area contributed by atoms with Gasteiger partial charge in [0.05, 0.1) is 10.6 Å². The second-order valence-corrected chi connectivity index (χ2v) is 3.63. The van der Waals surface area contributed by atoms with Crippen molar-refractivity contribution in [2.45, 2.75) is 13.8 Å². The first-order valence-corrected chi connectivity index (χ1v) is 4.50. The summed E-state index contributed by atoms with van der Waals surface area (Å²) in [7, 11) is 0. The van der Waals surface area contributed by atoms with Gasteiger partial charge in [-0.05, 0) is 12.1 Å². The largest absolute Gasteiger partial charge is 0.398 e. The van der Waals surface area contributed by atoms with Crippen molar-refractivity contribution in [1.82, 2.24) is 0 Å². The molecule has 2 nitrogen and oxygen atoms in total. The zero-order valence-electron chi connectivity index (χ0n) is 7.67. The van der Waals surface area contributed by atoms with Gasteiger partial charge in [0.25, 0.3) is 0 Å². The number of halogens is 1. The topological polar surface area (TPSA) is 43.1 Å². The third kappa shape index (κ3) is 2.01. The second-order valence-electron chi connectivity index (χ2n) is 3.22. The minimum Gasteiger partial charge on any atom is -0.398 e. The van der Waals surface area contributed by atoms with Crippen molar-refractivity contribution < 1.29 is 4.79 Å². The molecule has 0 unspecified atom stereocenters. The van der Waals surface area contributed by atoms with Crippen molar-refractivity contribution in [3.63, 3.8) is 0 Å². The van der Waals surface area contributed by atoms with E-state index in [1.54, 1.807) is 18.2 Å². The minimum absolute atomic E-state index is 0.0110. The van der Waals surface area contributed by atoms with Crippen LogP contribution >= 0.6 is 11.6 Å². The van der Waals surface area contributed by atoms with Crippen molar-refractivity contribution in [3.05, 3.63) is 28.8 Å². The molecule has 0 atom stereocenters. The Bertz CT molecular complexity index is 313. The maximum atomic E-state index is 11.6. The van der Waals surface area contributed by atoms with Crippen molar-refractivity contribution in [2.24, 2.45) is 5.92 Å². The number of carbonyl (C=O) groups is 1. The predicted molar refractivity (Wildman–Crippen MR) is 55.0 cm³/mol. The summed E-state index contributed by atoms with van der Waals surface area (Å²) in [5.41, 5.74) is 6.55. The van der Waals surface area contributed by atoms with Gasteiger partial charge in [0.2, 0.25) is 0 Å². The molecule has 13 heavy (non-hydrogen) atoms. The molecule has 0 amide bonds. The fraction of sp³-hybridized carbons (Fsp3) is 0.300. The van der Waals surface area contributed by atoms with Gasteiger partial charge in [0.15, 0.2) is 5.78 Å². The lowest BCUT2D eigenvalue weighted by Crippen LogP contribution is -2.10. The Balaban J connectivity index is 3.20. The predicted octanol–water partition coefficient (Wildman–Crippen LogP) is 2.76. The van der Waals surface area contributed by atoms with Gasteiger partial charge in [0, 0.05) is 11.6 Å². The van der Waals surface area contributed by atoms with E-state index in [0.717, 1.165) is 0 Å². The molecule has 0 aliphatic heterocycles. The fourth-order valence-electron chi connectivity index (χ4n) is 1.09. The Morgan fingerprint density at radius 2 is 2.08 bits per heavy atom. The molecule has 1 aromatic carbocycles. The first-order valence-electron chi connectivity index (χ1n) is 4.12. The molecule has 0 spiro atoms. The van der Waals surface area contributed by atoms with Crippen LogP contribution in [0.3, 0.4) is 0 Å². The van der Waals surface area contributed by atoms with Crippen LogP contribution in [0.15, 0.2) is 18.2 Å². The Labute approximate surface area is 82.7 Å². The van der Waals surface area contributed by atoms with E-state index in [-0.39, 0.29) is 11.7 Å².